The molecule has 3 heterocycles. The number of para-hydroxylation sites is 2. The van der Waals surface area contributed by atoms with E-state index in [0.29, 0.717) is 12.2 Å². The molecule has 0 aliphatic carbocycles. The second kappa shape index (κ2) is 9.98. The van der Waals surface area contributed by atoms with E-state index in [0.717, 1.165) is 34.0 Å². The summed E-state index contributed by atoms with van der Waals surface area (Å²) < 4.78 is 8.99. The molecule has 1 aliphatic heterocycles. The Balaban J connectivity index is 1.51. The highest BCUT2D eigenvalue weighted by molar-refractivity contribution is 6.01. The standard InChI is InChI=1S/C31H27N5O3/c1-21-25-20-35(31(38)32-26-17-10-9-16-24(26)30(37)39-2)28(22-12-5-3-6-13-22)27-18-11-19-34(27)29(25)36(33-21)23-14-7-4-8-15-23/h3-19,28H,20H2,1-2H3,(H,32,38). The molecule has 3 aromatic carbocycles. The number of hydrogen-bond donors (Lipinski definition) is 1. The van der Waals surface area contributed by atoms with Crippen LogP contribution in [0.3, 0.4) is 0 Å². The van der Waals surface area contributed by atoms with Crippen molar-refractivity contribution in [2.45, 2.75) is 19.5 Å². The van der Waals surface area contributed by atoms with Crippen LogP contribution in [-0.2, 0) is 11.3 Å². The van der Waals surface area contributed by atoms with E-state index in [1.807, 2.05) is 90.6 Å². The summed E-state index contributed by atoms with van der Waals surface area (Å²) in [6.07, 6.45) is 2.01. The van der Waals surface area contributed by atoms with Crippen molar-refractivity contribution >= 4 is 17.7 Å². The molecule has 0 fully saturated rings. The van der Waals surface area contributed by atoms with Gasteiger partial charge >= 0.3 is 12.0 Å². The Morgan fingerprint density at radius 2 is 1.59 bits per heavy atom. The molecule has 8 heteroatoms. The number of carbonyl (C=O) groups is 2. The first-order chi connectivity index (χ1) is 19.1. The number of nitrogens with zero attached hydrogens (tertiary/aromatic N) is 4. The van der Waals surface area contributed by atoms with Crippen LogP contribution in [0.25, 0.3) is 11.5 Å². The summed E-state index contributed by atoms with van der Waals surface area (Å²) in [6.45, 7) is 2.27. The van der Waals surface area contributed by atoms with E-state index in [9.17, 15) is 9.59 Å². The van der Waals surface area contributed by atoms with E-state index in [1.54, 1.807) is 29.2 Å². The summed E-state index contributed by atoms with van der Waals surface area (Å²) in [5.74, 6) is 0.377. The van der Waals surface area contributed by atoms with E-state index in [2.05, 4.69) is 9.88 Å². The third-order valence-electron chi connectivity index (χ3n) is 7.04. The van der Waals surface area contributed by atoms with Crippen molar-refractivity contribution in [3.63, 3.8) is 0 Å². The van der Waals surface area contributed by atoms with Gasteiger partial charge in [0.1, 0.15) is 5.82 Å². The van der Waals surface area contributed by atoms with E-state index in [4.69, 9.17) is 9.84 Å². The molecule has 2 aromatic heterocycles. The Morgan fingerprint density at radius 3 is 2.33 bits per heavy atom. The van der Waals surface area contributed by atoms with Crippen LogP contribution in [0.5, 0.6) is 0 Å². The maximum Gasteiger partial charge on any atom is 0.339 e. The zero-order valence-corrected chi connectivity index (χ0v) is 21.6. The van der Waals surface area contributed by atoms with Gasteiger partial charge in [0.05, 0.1) is 48.0 Å². The second-order valence-electron chi connectivity index (χ2n) is 9.35. The van der Waals surface area contributed by atoms with Crippen LogP contribution in [0, 0.1) is 6.92 Å². The van der Waals surface area contributed by atoms with Crippen LogP contribution in [0.15, 0.2) is 103 Å². The third kappa shape index (κ3) is 4.25. The first kappa shape index (κ1) is 24.2. The molecule has 5 aromatic rings. The van der Waals surface area contributed by atoms with Gasteiger partial charge in [-0.2, -0.15) is 5.10 Å². The minimum absolute atomic E-state index is 0.288. The summed E-state index contributed by atoms with van der Waals surface area (Å²) >= 11 is 0. The Hall–Kier alpha value is -5.11. The summed E-state index contributed by atoms with van der Waals surface area (Å²) in [7, 11) is 1.32. The maximum absolute atomic E-state index is 14.1. The number of urea groups is 1. The van der Waals surface area contributed by atoms with Gasteiger partial charge in [-0.1, -0.05) is 60.7 Å². The maximum atomic E-state index is 14.1. The van der Waals surface area contributed by atoms with E-state index in [1.165, 1.54) is 7.11 Å². The van der Waals surface area contributed by atoms with Crippen molar-refractivity contribution in [1.29, 1.82) is 0 Å². The van der Waals surface area contributed by atoms with Crippen LogP contribution in [0.2, 0.25) is 0 Å². The van der Waals surface area contributed by atoms with Crippen molar-refractivity contribution in [1.82, 2.24) is 19.2 Å². The highest BCUT2D eigenvalue weighted by Crippen LogP contribution is 2.38. The van der Waals surface area contributed by atoms with E-state index >= 15 is 0 Å². The molecule has 39 heavy (non-hydrogen) atoms. The molecule has 0 spiro atoms. The van der Waals surface area contributed by atoms with Gasteiger partial charge in [0.2, 0.25) is 0 Å². The Bertz CT molecular complexity index is 1660. The Kier molecular flexibility index (Phi) is 6.20. The molecule has 6 rings (SSSR count). The number of ether oxygens (including phenoxy) is 1. The van der Waals surface area contributed by atoms with E-state index in [-0.39, 0.29) is 11.6 Å². The summed E-state index contributed by atoms with van der Waals surface area (Å²) in [5, 5.41) is 7.87. The number of aromatic nitrogens is 3. The SMILES string of the molecule is COC(=O)c1ccccc1NC(=O)N1Cc2c(C)nn(-c3ccccc3)c2-n2cccc2C1c1ccccc1. The smallest absolute Gasteiger partial charge is 0.339 e. The molecule has 1 atom stereocenters. The number of rotatable bonds is 4. The van der Waals surface area contributed by atoms with Crippen LogP contribution >= 0.6 is 0 Å². The lowest BCUT2D eigenvalue weighted by Crippen LogP contribution is -2.38. The summed E-state index contributed by atoms with van der Waals surface area (Å²) in [4.78, 5) is 28.3. The lowest BCUT2D eigenvalue weighted by Gasteiger charge is -2.31. The molecule has 0 saturated heterocycles. The quantitative estimate of drug-likeness (QED) is 0.301. The zero-order chi connectivity index (χ0) is 26.9. The highest BCUT2D eigenvalue weighted by atomic mass is 16.5. The highest BCUT2D eigenvalue weighted by Gasteiger charge is 2.36. The monoisotopic (exact) mass is 517 g/mol. The van der Waals surface area contributed by atoms with Gasteiger partial charge in [0.15, 0.2) is 0 Å². The fourth-order valence-corrected chi connectivity index (χ4v) is 5.20. The van der Waals surface area contributed by atoms with Gasteiger partial charge < -0.3 is 19.5 Å². The number of anilines is 1. The third-order valence-corrected chi connectivity index (χ3v) is 7.04. The molecule has 8 nitrogen and oxygen atoms in total. The van der Waals surface area contributed by atoms with Crippen molar-refractivity contribution in [2.75, 3.05) is 12.4 Å². The predicted molar refractivity (Wildman–Crippen MR) is 148 cm³/mol. The molecule has 1 unspecified atom stereocenters. The first-order valence-electron chi connectivity index (χ1n) is 12.7. The fraction of sp³-hybridized carbons (Fsp3) is 0.129. The van der Waals surface area contributed by atoms with E-state index < -0.39 is 12.0 Å². The molecule has 2 amide bonds. The minimum atomic E-state index is -0.516. The largest absolute Gasteiger partial charge is 0.465 e. The predicted octanol–water partition coefficient (Wildman–Crippen LogP) is 5.90. The average Bonchev–Trinajstić information content (AvgIpc) is 3.54. The first-order valence-corrected chi connectivity index (χ1v) is 12.7. The van der Waals surface area contributed by atoms with Crippen molar-refractivity contribution in [3.05, 3.63) is 131 Å². The number of esters is 1. The lowest BCUT2D eigenvalue weighted by molar-refractivity contribution is 0.0602. The van der Waals surface area contributed by atoms with Crippen LogP contribution in [-0.4, -0.2) is 38.4 Å². The molecule has 0 radical (unpaired) electrons. The van der Waals surface area contributed by atoms with Crippen molar-refractivity contribution in [3.8, 4) is 11.5 Å². The number of carbonyl (C=O) groups excluding carboxylic acids is 2. The molecule has 194 valence electrons. The fourth-order valence-electron chi connectivity index (χ4n) is 5.20. The summed E-state index contributed by atoms with van der Waals surface area (Å²) in [6, 6.07) is 30.1. The van der Waals surface area contributed by atoms with Gasteiger partial charge in [-0.05, 0) is 48.9 Å². The molecule has 0 bridgehead atoms. The number of methoxy groups -OCH3 is 1. The lowest BCUT2D eigenvalue weighted by atomic mass is 10.0. The molecule has 1 aliphatic rings. The average molecular weight is 518 g/mol. The van der Waals surface area contributed by atoms with Crippen LogP contribution < -0.4 is 5.32 Å². The van der Waals surface area contributed by atoms with Gasteiger partial charge in [-0.15, -0.1) is 0 Å². The molecular formula is C31H27N5O3. The number of fused-ring (bicyclic) bond motifs is 3. The van der Waals surface area contributed by atoms with Gasteiger partial charge in [-0.25, -0.2) is 14.3 Å². The number of amides is 2. The van der Waals surface area contributed by atoms with Gasteiger partial charge in [-0.3, -0.25) is 0 Å². The normalized spacial score (nSPS) is 14.2. The molecule has 1 N–H and O–H groups in total. The Labute approximate surface area is 226 Å². The second-order valence-corrected chi connectivity index (χ2v) is 9.35. The van der Waals surface area contributed by atoms with Crippen LogP contribution in [0.4, 0.5) is 10.5 Å². The topological polar surface area (TPSA) is 81.4 Å². The van der Waals surface area contributed by atoms with Gasteiger partial charge in [0, 0.05) is 11.8 Å². The minimum Gasteiger partial charge on any atom is -0.465 e. The number of hydrogen-bond acceptors (Lipinski definition) is 4. The number of nitrogens with one attached hydrogen (secondary N) is 1. The van der Waals surface area contributed by atoms with Crippen LogP contribution in [0.1, 0.15) is 38.9 Å². The molecular weight excluding hydrogens is 490 g/mol. The number of benzene rings is 3. The Morgan fingerprint density at radius 1 is 0.897 bits per heavy atom. The van der Waals surface area contributed by atoms with Crippen molar-refractivity contribution in [2.24, 2.45) is 0 Å². The molecule has 0 saturated carbocycles. The zero-order valence-electron chi connectivity index (χ0n) is 21.6. The van der Waals surface area contributed by atoms with Crippen molar-refractivity contribution < 1.29 is 14.3 Å². The number of aryl methyl sites for hydroxylation is 1. The summed E-state index contributed by atoms with van der Waals surface area (Å²) in [5.41, 5.74) is 5.27. The van der Waals surface area contributed by atoms with Gasteiger partial charge in [0.25, 0.3) is 0 Å².